The van der Waals surface area contributed by atoms with Crippen molar-refractivity contribution in [3.63, 3.8) is 0 Å². The number of hydrogen-bond donors (Lipinski definition) is 0. The van der Waals surface area contributed by atoms with E-state index in [1.165, 1.54) is 83.7 Å². The van der Waals surface area contributed by atoms with Gasteiger partial charge < -0.3 is 9.80 Å². The summed E-state index contributed by atoms with van der Waals surface area (Å²) >= 11 is 0. The fourth-order valence-electron chi connectivity index (χ4n) is 9.12. The van der Waals surface area contributed by atoms with Gasteiger partial charge in [0.05, 0.1) is 17.4 Å². The predicted molar refractivity (Wildman–Crippen MR) is 212 cm³/mol. The van der Waals surface area contributed by atoms with E-state index in [0.717, 1.165) is 6.42 Å². The van der Waals surface area contributed by atoms with Crippen LogP contribution in [0.4, 0.5) is 22.7 Å². The summed E-state index contributed by atoms with van der Waals surface area (Å²) in [6.45, 7) is 14.1. The number of para-hydroxylation sites is 2. The maximum Gasteiger partial charge on any atom is 0.0564 e. The van der Waals surface area contributed by atoms with Gasteiger partial charge in [-0.15, -0.1) is 0 Å². The summed E-state index contributed by atoms with van der Waals surface area (Å²) in [5, 5.41) is 2.54. The fraction of sp³-hybridized carbons (Fsp3) is 0.208. The maximum absolute atomic E-state index is 2.58. The molecule has 0 bridgehead atoms. The second kappa shape index (κ2) is 11.1. The Hall–Kier alpha value is -5.34. The molecule has 1 unspecified atom stereocenters. The number of anilines is 4. The molecule has 246 valence electrons. The van der Waals surface area contributed by atoms with E-state index >= 15 is 0 Å². The first-order valence-electron chi connectivity index (χ1n) is 18.0. The minimum atomic E-state index is -0.128. The first kappa shape index (κ1) is 30.7. The highest BCUT2D eigenvalue weighted by molar-refractivity contribution is 5.89. The molecule has 6 aromatic rings. The number of fused-ring (bicyclic) bond motifs is 4. The van der Waals surface area contributed by atoms with Gasteiger partial charge in [0.1, 0.15) is 0 Å². The van der Waals surface area contributed by atoms with Gasteiger partial charge >= 0.3 is 0 Å². The second-order valence-electron chi connectivity index (χ2n) is 15.6. The molecule has 6 aromatic carbocycles. The van der Waals surface area contributed by atoms with E-state index in [2.05, 4.69) is 191 Å². The third-order valence-corrected chi connectivity index (χ3v) is 11.7. The Balaban J connectivity index is 1.15. The molecular weight excluding hydrogens is 605 g/mol. The van der Waals surface area contributed by atoms with Gasteiger partial charge in [-0.2, -0.15) is 0 Å². The maximum atomic E-state index is 2.58. The summed E-state index contributed by atoms with van der Waals surface area (Å²) < 4.78 is 0. The van der Waals surface area contributed by atoms with Crippen LogP contribution in [0.2, 0.25) is 0 Å². The van der Waals surface area contributed by atoms with Crippen molar-refractivity contribution >= 4 is 33.5 Å². The molecule has 0 aromatic heterocycles. The van der Waals surface area contributed by atoms with Crippen LogP contribution in [0.1, 0.15) is 61.9 Å². The number of hydrogen-bond acceptors (Lipinski definition) is 2. The Kier molecular flexibility index (Phi) is 6.81. The third-order valence-electron chi connectivity index (χ3n) is 11.7. The minimum absolute atomic E-state index is 0.0770. The number of rotatable bonds is 4. The number of benzene rings is 6. The topological polar surface area (TPSA) is 6.48 Å². The summed E-state index contributed by atoms with van der Waals surface area (Å²) in [6.07, 6.45) is 5.82. The van der Waals surface area contributed by atoms with Crippen molar-refractivity contribution < 1.29 is 0 Å². The van der Waals surface area contributed by atoms with Gasteiger partial charge in [-0.1, -0.05) is 125 Å². The van der Waals surface area contributed by atoms with Gasteiger partial charge in [-0.3, -0.25) is 0 Å². The highest BCUT2D eigenvalue weighted by atomic mass is 15.2. The lowest BCUT2D eigenvalue weighted by Crippen LogP contribution is -2.43. The van der Waals surface area contributed by atoms with E-state index in [-0.39, 0.29) is 16.9 Å². The molecule has 50 heavy (non-hydrogen) atoms. The van der Waals surface area contributed by atoms with Crippen molar-refractivity contribution in [2.24, 2.45) is 0 Å². The normalized spacial score (nSPS) is 18.0. The van der Waals surface area contributed by atoms with E-state index < -0.39 is 0 Å². The third kappa shape index (κ3) is 4.62. The molecule has 0 radical (unpaired) electrons. The van der Waals surface area contributed by atoms with Gasteiger partial charge in [-0.05, 0) is 118 Å². The zero-order valence-electron chi connectivity index (χ0n) is 30.0. The Bertz CT molecular complexity index is 2370. The van der Waals surface area contributed by atoms with Crippen molar-refractivity contribution in [1.82, 2.24) is 0 Å². The van der Waals surface area contributed by atoms with Gasteiger partial charge in [0.15, 0.2) is 0 Å². The molecule has 2 aliphatic heterocycles. The Morgan fingerprint density at radius 3 is 1.98 bits per heavy atom. The van der Waals surface area contributed by atoms with E-state index in [1.807, 2.05) is 0 Å². The van der Waals surface area contributed by atoms with E-state index in [0.29, 0.717) is 0 Å². The average Bonchev–Trinajstić information content (AvgIpc) is 3.11. The van der Waals surface area contributed by atoms with Gasteiger partial charge in [0.2, 0.25) is 0 Å². The molecule has 1 atom stereocenters. The van der Waals surface area contributed by atoms with Gasteiger partial charge in [0, 0.05) is 27.9 Å². The molecule has 2 heterocycles. The van der Waals surface area contributed by atoms with E-state index in [9.17, 15) is 0 Å². The molecule has 0 N–H and O–H groups in total. The predicted octanol–water partition coefficient (Wildman–Crippen LogP) is 12.6. The van der Waals surface area contributed by atoms with Crippen LogP contribution >= 0.6 is 0 Å². The lowest BCUT2D eigenvalue weighted by atomic mass is 9.64. The largest absolute Gasteiger partial charge is 0.334 e. The van der Waals surface area contributed by atoms with Crippen LogP contribution in [0.15, 0.2) is 151 Å². The van der Waals surface area contributed by atoms with Crippen LogP contribution in [-0.2, 0) is 10.8 Å². The summed E-state index contributed by atoms with van der Waals surface area (Å²) in [4.78, 5) is 5.15. The van der Waals surface area contributed by atoms with Crippen molar-refractivity contribution in [1.29, 1.82) is 0 Å². The summed E-state index contributed by atoms with van der Waals surface area (Å²) in [6, 6.07) is 47.7. The van der Waals surface area contributed by atoms with Crippen LogP contribution in [-0.4, -0.2) is 6.04 Å². The SMILES string of the molecule is Cc1cc(C)cc(N(c2ccc(-c3ccc4ccccc4c3)cc2)C2C=CC3=C(C2)C(C)(C)c2cccc4c2N3c2ccccc2C4(C)C)c1. The van der Waals surface area contributed by atoms with E-state index in [4.69, 9.17) is 0 Å². The fourth-order valence-corrected chi connectivity index (χ4v) is 9.12. The molecule has 0 amide bonds. The van der Waals surface area contributed by atoms with E-state index in [1.54, 1.807) is 0 Å². The quantitative estimate of drug-likeness (QED) is 0.188. The standard InChI is InChI=1S/C48H44N2/c1-31-26-32(2)28-39(27-31)49(37-22-20-34(21-23-37)36-19-18-33-12-7-8-13-35(33)29-36)38-24-25-45-43(30-38)48(5,6)42-16-11-15-41-46(42)50(45)44-17-10-9-14-40(44)47(41,3)4/h7-29,38H,30H2,1-6H3. The average molecular weight is 649 g/mol. The lowest BCUT2D eigenvalue weighted by molar-refractivity contribution is 0.539. The van der Waals surface area contributed by atoms with Gasteiger partial charge in [-0.25, -0.2) is 0 Å². The number of nitrogens with zero attached hydrogens (tertiary/aromatic N) is 2. The van der Waals surface area contributed by atoms with Crippen molar-refractivity contribution in [3.8, 4) is 11.1 Å². The van der Waals surface area contributed by atoms with Crippen molar-refractivity contribution in [2.75, 3.05) is 9.80 Å². The summed E-state index contributed by atoms with van der Waals surface area (Å²) in [5.41, 5.74) is 17.0. The Morgan fingerprint density at radius 2 is 1.22 bits per heavy atom. The smallest absolute Gasteiger partial charge is 0.0564 e. The number of aryl methyl sites for hydroxylation is 2. The highest BCUT2D eigenvalue weighted by Gasteiger charge is 2.47. The summed E-state index contributed by atoms with van der Waals surface area (Å²) in [7, 11) is 0. The molecule has 0 fully saturated rings. The molecule has 0 spiro atoms. The zero-order valence-corrected chi connectivity index (χ0v) is 30.0. The van der Waals surface area contributed by atoms with Crippen LogP contribution in [0, 0.1) is 13.8 Å². The van der Waals surface area contributed by atoms with Crippen LogP contribution in [0.25, 0.3) is 21.9 Å². The first-order valence-corrected chi connectivity index (χ1v) is 18.0. The molecule has 2 nitrogen and oxygen atoms in total. The summed E-state index contributed by atoms with van der Waals surface area (Å²) in [5.74, 6) is 0. The molecule has 0 saturated carbocycles. The highest BCUT2D eigenvalue weighted by Crippen LogP contribution is 2.59. The van der Waals surface area contributed by atoms with Crippen molar-refractivity contribution in [3.05, 3.63) is 179 Å². The second-order valence-corrected chi connectivity index (χ2v) is 15.6. The zero-order chi connectivity index (χ0) is 34.4. The molecule has 9 rings (SSSR count). The Morgan fingerprint density at radius 1 is 0.580 bits per heavy atom. The molecule has 1 aliphatic carbocycles. The minimum Gasteiger partial charge on any atom is -0.334 e. The van der Waals surface area contributed by atoms with Crippen LogP contribution in [0.3, 0.4) is 0 Å². The molecule has 2 heteroatoms. The first-order chi connectivity index (χ1) is 24.1. The number of allylic oxidation sites excluding steroid dienone is 1. The molecule has 0 saturated heterocycles. The lowest BCUT2D eigenvalue weighted by Gasteiger charge is -2.51. The van der Waals surface area contributed by atoms with Crippen LogP contribution < -0.4 is 9.80 Å². The van der Waals surface area contributed by atoms with Crippen LogP contribution in [0.5, 0.6) is 0 Å². The Labute approximate surface area is 297 Å². The molecular formula is C48H44N2. The van der Waals surface area contributed by atoms with Crippen molar-refractivity contribution in [2.45, 2.75) is 64.8 Å². The van der Waals surface area contributed by atoms with Gasteiger partial charge in [0.25, 0.3) is 0 Å². The monoisotopic (exact) mass is 648 g/mol. The molecule has 3 aliphatic rings.